The zero-order valence-electron chi connectivity index (χ0n) is 9.44. The maximum absolute atomic E-state index is 5.76. The van der Waals surface area contributed by atoms with Crippen LogP contribution in [0.5, 0.6) is 0 Å². The summed E-state index contributed by atoms with van der Waals surface area (Å²) in [5.41, 5.74) is 0.938. The monoisotopic (exact) mass is 220 g/mol. The van der Waals surface area contributed by atoms with Gasteiger partial charge in [-0.1, -0.05) is 26.7 Å². The fourth-order valence-corrected chi connectivity index (χ4v) is 3.21. The zero-order chi connectivity index (χ0) is 10.3. The molecule has 0 unspecified atom stereocenters. The number of rotatable bonds is 7. The van der Waals surface area contributed by atoms with Crippen LogP contribution < -0.4 is 0 Å². The first-order chi connectivity index (χ1) is 6.05. The molecular formula is C10H23ClNSi+. The molecule has 0 aliphatic carbocycles. The number of halogens is 1. The molecule has 0 amide bonds. The minimum absolute atomic E-state index is 0.778. The van der Waals surface area contributed by atoms with Crippen molar-refractivity contribution < 1.29 is 4.48 Å². The van der Waals surface area contributed by atoms with E-state index in [4.69, 9.17) is 11.6 Å². The summed E-state index contributed by atoms with van der Waals surface area (Å²) >= 11 is 5.76. The summed E-state index contributed by atoms with van der Waals surface area (Å²) < 4.78 is 1.08. The maximum Gasteiger partial charge on any atom is 0.119 e. The molecule has 0 saturated carbocycles. The lowest BCUT2D eigenvalue weighted by Crippen LogP contribution is -2.45. The molecule has 0 bridgehead atoms. The lowest BCUT2D eigenvalue weighted by molar-refractivity contribution is -0.877. The van der Waals surface area contributed by atoms with Crippen LogP contribution in [-0.2, 0) is 0 Å². The third-order valence-corrected chi connectivity index (χ3v) is 5.08. The highest BCUT2D eigenvalue weighted by molar-refractivity contribution is 6.37. The van der Waals surface area contributed by atoms with Gasteiger partial charge in [-0.15, -0.1) is 11.6 Å². The van der Waals surface area contributed by atoms with Crippen molar-refractivity contribution in [3.8, 4) is 0 Å². The van der Waals surface area contributed by atoms with Gasteiger partial charge in [-0.3, -0.25) is 0 Å². The summed E-state index contributed by atoms with van der Waals surface area (Å²) in [7, 11) is 5.65. The number of hydrogen-bond acceptors (Lipinski definition) is 0. The van der Waals surface area contributed by atoms with Crippen LogP contribution >= 0.6 is 11.6 Å². The molecule has 0 N–H and O–H groups in total. The quantitative estimate of drug-likeness (QED) is 0.352. The second kappa shape index (κ2) is 6.85. The van der Waals surface area contributed by atoms with Crippen molar-refractivity contribution in [3.63, 3.8) is 0 Å². The smallest absolute Gasteiger partial charge is 0.119 e. The Morgan fingerprint density at radius 1 is 1.23 bits per heavy atom. The van der Waals surface area contributed by atoms with E-state index in [-0.39, 0.29) is 0 Å². The van der Waals surface area contributed by atoms with Gasteiger partial charge in [-0.05, 0) is 5.54 Å². The highest BCUT2D eigenvalue weighted by atomic mass is 35.5. The van der Waals surface area contributed by atoms with Crippen LogP contribution in [0.4, 0.5) is 0 Å². The summed E-state index contributed by atoms with van der Waals surface area (Å²) in [6, 6.07) is 0. The van der Waals surface area contributed by atoms with E-state index in [0.29, 0.717) is 0 Å². The first-order valence-electron chi connectivity index (χ1n) is 5.17. The standard InChI is InChI=1S/C10H23ClNSi/c1-5-10(6-2)13-9-12(3,4)8-7-11/h10H,5-9H2,1-4H3/q+1. The van der Waals surface area contributed by atoms with E-state index < -0.39 is 0 Å². The Bertz CT molecular complexity index is 124. The molecule has 0 aromatic rings. The first-order valence-corrected chi connectivity index (χ1v) is 6.99. The van der Waals surface area contributed by atoms with E-state index in [1.807, 2.05) is 0 Å². The molecule has 0 atom stereocenters. The van der Waals surface area contributed by atoms with Gasteiger partial charge < -0.3 is 4.48 Å². The summed E-state index contributed by atoms with van der Waals surface area (Å²) in [6.07, 6.45) is 3.95. The summed E-state index contributed by atoms with van der Waals surface area (Å²) in [6.45, 7) is 5.68. The molecule has 0 rings (SSSR count). The van der Waals surface area contributed by atoms with Crippen molar-refractivity contribution in [3.05, 3.63) is 0 Å². The molecule has 0 heterocycles. The average Bonchev–Trinajstić information content (AvgIpc) is 2.06. The van der Waals surface area contributed by atoms with Gasteiger partial charge in [0.2, 0.25) is 0 Å². The highest BCUT2D eigenvalue weighted by Crippen LogP contribution is 2.14. The molecule has 13 heavy (non-hydrogen) atoms. The predicted molar refractivity (Wildman–Crippen MR) is 62.6 cm³/mol. The molecule has 0 aliphatic heterocycles. The van der Waals surface area contributed by atoms with Crippen LogP contribution in [0.15, 0.2) is 0 Å². The Hall–Kier alpha value is 0.467. The largest absolute Gasteiger partial charge is 0.331 e. The molecule has 78 valence electrons. The third-order valence-electron chi connectivity index (χ3n) is 2.48. The van der Waals surface area contributed by atoms with Crippen LogP contribution in [-0.4, -0.2) is 46.7 Å². The SMILES string of the molecule is CCC(CC)[Si]C[N+](C)(C)CCCl. The molecule has 2 radical (unpaired) electrons. The molecule has 0 aromatic carbocycles. The number of alkyl halides is 1. The van der Waals surface area contributed by atoms with Crippen molar-refractivity contribution in [1.29, 1.82) is 0 Å². The van der Waals surface area contributed by atoms with Crippen molar-refractivity contribution in [1.82, 2.24) is 0 Å². The van der Waals surface area contributed by atoms with Gasteiger partial charge >= 0.3 is 0 Å². The van der Waals surface area contributed by atoms with Crippen LogP contribution in [0, 0.1) is 0 Å². The molecular weight excluding hydrogens is 198 g/mol. The van der Waals surface area contributed by atoms with Crippen LogP contribution in [0.3, 0.4) is 0 Å². The second-order valence-corrected chi connectivity index (χ2v) is 6.14. The fourth-order valence-electron chi connectivity index (χ4n) is 1.26. The van der Waals surface area contributed by atoms with Crippen LogP contribution in [0.2, 0.25) is 5.54 Å². The lowest BCUT2D eigenvalue weighted by Gasteiger charge is -2.30. The van der Waals surface area contributed by atoms with Gasteiger partial charge in [0.15, 0.2) is 0 Å². The second-order valence-electron chi connectivity index (χ2n) is 4.22. The predicted octanol–water partition coefficient (Wildman–Crippen LogP) is 2.57. The minimum atomic E-state index is 0.778. The highest BCUT2D eigenvalue weighted by Gasteiger charge is 2.16. The van der Waals surface area contributed by atoms with Crippen LogP contribution in [0.25, 0.3) is 0 Å². The average molecular weight is 221 g/mol. The van der Waals surface area contributed by atoms with E-state index in [1.54, 1.807) is 0 Å². The molecule has 0 fully saturated rings. The van der Waals surface area contributed by atoms with Gasteiger partial charge in [0.05, 0.1) is 32.7 Å². The number of nitrogens with zero attached hydrogens (tertiary/aromatic N) is 1. The van der Waals surface area contributed by atoms with Crippen molar-refractivity contribution >= 4 is 21.1 Å². The van der Waals surface area contributed by atoms with Crippen molar-refractivity contribution in [2.75, 3.05) is 32.7 Å². The number of hydrogen-bond donors (Lipinski definition) is 0. The van der Waals surface area contributed by atoms with Gasteiger partial charge in [-0.25, -0.2) is 0 Å². The van der Waals surface area contributed by atoms with Crippen LogP contribution in [0.1, 0.15) is 26.7 Å². The van der Waals surface area contributed by atoms with E-state index in [1.165, 1.54) is 19.0 Å². The summed E-state index contributed by atoms with van der Waals surface area (Å²) in [4.78, 5) is 0. The first kappa shape index (κ1) is 13.5. The Balaban J connectivity index is 3.71. The zero-order valence-corrected chi connectivity index (χ0v) is 11.2. The van der Waals surface area contributed by atoms with Gasteiger partial charge in [0.25, 0.3) is 0 Å². The Labute approximate surface area is 90.9 Å². The minimum Gasteiger partial charge on any atom is -0.331 e. The van der Waals surface area contributed by atoms with E-state index in [0.717, 1.165) is 32.0 Å². The molecule has 0 saturated heterocycles. The number of quaternary nitrogens is 1. The summed E-state index contributed by atoms with van der Waals surface area (Å²) in [5, 5.41) is 0. The molecule has 3 heteroatoms. The van der Waals surface area contributed by atoms with E-state index in [9.17, 15) is 0 Å². The van der Waals surface area contributed by atoms with Gasteiger partial charge in [0, 0.05) is 0 Å². The van der Waals surface area contributed by atoms with Gasteiger partial charge in [0.1, 0.15) is 9.52 Å². The third kappa shape index (κ3) is 6.53. The summed E-state index contributed by atoms with van der Waals surface area (Å²) in [5.74, 6) is 0.778. The molecule has 0 aliphatic rings. The Morgan fingerprint density at radius 2 is 1.77 bits per heavy atom. The normalized spacial score (nSPS) is 12.5. The van der Waals surface area contributed by atoms with Crippen molar-refractivity contribution in [2.24, 2.45) is 0 Å². The van der Waals surface area contributed by atoms with Gasteiger partial charge in [-0.2, -0.15) is 0 Å². The molecule has 1 nitrogen and oxygen atoms in total. The topological polar surface area (TPSA) is 0 Å². The van der Waals surface area contributed by atoms with Crippen molar-refractivity contribution in [2.45, 2.75) is 32.2 Å². The van der Waals surface area contributed by atoms with E-state index >= 15 is 0 Å². The van der Waals surface area contributed by atoms with E-state index in [2.05, 4.69) is 27.9 Å². The molecule has 0 spiro atoms. The fraction of sp³-hybridized carbons (Fsp3) is 1.00. The maximum atomic E-state index is 5.76. The Kier molecular flexibility index (Phi) is 7.10. The lowest BCUT2D eigenvalue weighted by atomic mass is 10.3. The Morgan fingerprint density at radius 3 is 2.15 bits per heavy atom. The molecule has 0 aromatic heterocycles.